The molecule has 1 atom stereocenters. The van der Waals surface area contributed by atoms with Gasteiger partial charge in [-0.05, 0) is 12.8 Å². The van der Waals surface area contributed by atoms with Crippen molar-refractivity contribution in [1.29, 1.82) is 0 Å². The Morgan fingerprint density at radius 3 is 2.65 bits per heavy atom. The molecule has 1 aromatic rings. The summed E-state index contributed by atoms with van der Waals surface area (Å²) in [5, 5.41) is 9.94. The Hall–Kier alpha value is -1.68. The second-order valence-corrected chi connectivity index (χ2v) is 3.73. The SMILES string of the molecule is C=CCC[C@@H](N)c1c(O)cc(OC)cc1OC. The number of methoxy groups -OCH3 is 2. The van der Waals surface area contributed by atoms with Crippen molar-refractivity contribution >= 4 is 0 Å². The van der Waals surface area contributed by atoms with Gasteiger partial charge in [-0.25, -0.2) is 0 Å². The summed E-state index contributed by atoms with van der Waals surface area (Å²) in [5.41, 5.74) is 6.63. The van der Waals surface area contributed by atoms with Gasteiger partial charge in [-0.1, -0.05) is 6.08 Å². The van der Waals surface area contributed by atoms with Crippen molar-refractivity contribution in [3.8, 4) is 17.2 Å². The lowest BCUT2D eigenvalue weighted by Crippen LogP contribution is -2.11. The number of nitrogens with two attached hydrogens (primary N) is 1. The van der Waals surface area contributed by atoms with Crippen molar-refractivity contribution in [2.24, 2.45) is 5.73 Å². The van der Waals surface area contributed by atoms with Gasteiger partial charge in [0.25, 0.3) is 0 Å². The lowest BCUT2D eigenvalue weighted by atomic mass is 10.0. The van der Waals surface area contributed by atoms with Crippen molar-refractivity contribution in [2.45, 2.75) is 18.9 Å². The fraction of sp³-hybridized carbons (Fsp3) is 0.385. The zero-order valence-electron chi connectivity index (χ0n) is 10.3. The highest BCUT2D eigenvalue weighted by atomic mass is 16.5. The Morgan fingerprint density at radius 2 is 2.12 bits per heavy atom. The zero-order valence-corrected chi connectivity index (χ0v) is 10.3. The van der Waals surface area contributed by atoms with E-state index in [1.165, 1.54) is 20.3 Å². The van der Waals surface area contributed by atoms with Crippen LogP contribution < -0.4 is 15.2 Å². The third-order valence-electron chi connectivity index (χ3n) is 2.60. The molecule has 0 aliphatic carbocycles. The Labute approximate surface area is 102 Å². The lowest BCUT2D eigenvalue weighted by molar-refractivity contribution is 0.374. The predicted octanol–water partition coefficient (Wildman–Crippen LogP) is 2.38. The van der Waals surface area contributed by atoms with Gasteiger partial charge in [-0.3, -0.25) is 0 Å². The minimum absolute atomic E-state index is 0.0952. The molecule has 0 amide bonds. The summed E-state index contributed by atoms with van der Waals surface area (Å²) in [6.07, 6.45) is 3.29. The van der Waals surface area contributed by atoms with E-state index in [1.807, 2.05) is 0 Å². The van der Waals surface area contributed by atoms with E-state index in [0.29, 0.717) is 23.5 Å². The van der Waals surface area contributed by atoms with Crippen molar-refractivity contribution < 1.29 is 14.6 Å². The van der Waals surface area contributed by atoms with Gasteiger partial charge in [0.05, 0.1) is 19.8 Å². The van der Waals surface area contributed by atoms with Crippen LogP contribution in [0.15, 0.2) is 24.8 Å². The molecule has 0 saturated carbocycles. The molecule has 4 nitrogen and oxygen atoms in total. The van der Waals surface area contributed by atoms with E-state index in [-0.39, 0.29) is 11.8 Å². The first-order valence-corrected chi connectivity index (χ1v) is 5.45. The highest BCUT2D eigenvalue weighted by molar-refractivity contribution is 5.51. The molecule has 0 aliphatic heterocycles. The van der Waals surface area contributed by atoms with E-state index in [9.17, 15) is 5.11 Å². The molecule has 4 heteroatoms. The number of allylic oxidation sites excluding steroid dienone is 1. The summed E-state index contributed by atoms with van der Waals surface area (Å²) in [6, 6.07) is 2.96. The highest BCUT2D eigenvalue weighted by Crippen LogP contribution is 2.38. The molecule has 1 aromatic carbocycles. The molecule has 0 bridgehead atoms. The van der Waals surface area contributed by atoms with Crippen LogP contribution >= 0.6 is 0 Å². The first-order valence-electron chi connectivity index (χ1n) is 5.45. The Morgan fingerprint density at radius 1 is 1.41 bits per heavy atom. The number of benzene rings is 1. The van der Waals surface area contributed by atoms with E-state index in [2.05, 4.69) is 6.58 Å². The van der Waals surface area contributed by atoms with Crippen LogP contribution in [0.5, 0.6) is 17.2 Å². The third-order valence-corrected chi connectivity index (χ3v) is 2.60. The zero-order chi connectivity index (χ0) is 12.8. The van der Waals surface area contributed by atoms with Gasteiger partial charge in [0.2, 0.25) is 0 Å². The number of aromatic hydroxyl groups is 1. The van der Waals surface area contributed by atoms with Gasteiger partial charge in [-0.2, -0.15) is 0 Å². The molecule has 0 aromatic heterocycles. The Kier molecular flexibility index (Phi) is 4.84. The summed E-state index contributed by atoms with van der Waals surface area (Å²) in [4.78, 5) is 0. The van der Waals surface area contributed by atoms with Crippen molar-refractivity contribution in [2.75, 3.05) is 14.2 Å². The quantitative estimate of drug-likeness (QED) is 0.745. The maximum atomic E-state index is 9.94. The minimum Gasteiger partial charge on any atom is -0.507 e. The van der Waals surface area contributed by atoms with Crippen LogP contribution in [0.4, 0.5) is 0 Å². The molecule has 0 unspecified atom stereocenters. The summed E-state index contributed by atoms with van der Waals surface area (Å²) in [5.74, 6) is 1.18. The number of hydrogen-bond acceptors (Lipinski definition) is 4. The fourth-order valence-corrected chi connectivity index (χ4v) is 1.69. The first-order chi connectivity index (χ1) is 8.13. The van der Waals surface area contributed by atoms with Crippen LogP contribution in [-0.4, -0.2) is 19.3 Å². The minimum atomic E-state index is -0.283. The van der Waals surface area contributed by atoms with Crippen LogP contribution in [0, 0.1) is 0 Å². The van der Waals surface area contributed by atoms with Crippen LogP contribution in [0.2, 0.25) is 0 Å². The van der Waals surface area contributed by atoms with Crippen LogP contribution in [0.25, 0.3) is 0 Å². The summed E-state index contributed by atoms with van der Waals surface area (Å²) < 4.78 is 10.3. The van der Waals surface area contributed by atoms with Crippen LogP contribution in [-0.2, 0) is 0 Å². The van der Waals surface area contributed by atoms with Crippen LogP contribution in [0.3, 0.4) is 0 Å². The molecule has 0 heterocycles. The predicted molar refractivity (Wildman–Crippen MR) is 67.6 cm³/mol. The normalized spacial score (nSPS) is 11.9. The molecule has 0 aliphatic rings. The highest BCUT2D eigenvalue weighted by Gasteiger charge is 2.17. The van der Waals surface area contributed by atoms with E-state index >= 15 is 0 Å². The largest absolute Gasteiger partial charge is 0.507 e. The molecule has 1 rings (SSSR count). The fourth-order valence-electron chi connectivity index (χ4n) is 1.69. The topological polar surface area (TPSA) is 64.7 Å². The molecule has 94 valence electrons. The lowest BCUT2D eigenvalue weighted by Gasteiger charge is -2.17. The van der Waals surface area contributed by atoms with E-state index in [1.54, 1.807) is 12.1 Å². The summed E-state index contributed by atoms with van der Waals surface area (Å²) in [7, 11) is 3.07. The average Bonchev–Trinajstić information content (AvgIpc) is 2.34. The van der Waals surface area contributed by atoms with Crippen molar-refractivity contribution in [3.05, 3.63) is 30.4 Å². The average molecular weight is 237 g/mol. The standard InChI is InChI=1S/C13H19NO3/c1-4-5-6-10(14)13-11(15)7-9(16-2)8-12(13)17-3/h4,7-8,10,15H,1,5-6,14H2,2-3H3/t10-/m1/s1. The van der Waals surface area contributed by atoms with Gasteiger partial charge < -0.3 is 20.3 Å². The number of phenolic OH excluding ortho intramolecular Hbond substituents is 1. The molecule has 17 heavy (non-hydrogen) atoms. The number of ether oxygens (including phenoxy) is 2. The molecular formula is C13H19NO3. The monoisotopic (exact) mass is 237 g/mol. The number of hydrogen-bond donors (Lipinski definition) is 2. The maximum absolute atomic E-state index is 9.94. The van der Waals surface area contributed by atoms with E-state index in [4.69, 9.17) is 15.2 Å². The molecule has 0 spiro atoms. The molecular weight excluding hydrogens is 218 g/mol. The van der Waals surface area contributed by atoms with Crippen molar-refractivity contribution in [3.63, 3.8) is 0 Å². The van der Waals surface area contributed by atoms with Gasteiger partial charge in [0.1, 0.15) is 17.2 Å². The smallest absolute Gasteiger partial charge is 0.131 e. The summed E-state index contributed by atoms with van der Waals surface area (Å²) >= 11 is 0. The molecule has 0 radical (unpaired) electrons. The second kappa shape index (κ2) is 6.15. The Bertz CT molecular complexity index is 390. The van der Waals surface area contributed by atoms with E-state index in [0.717, 1.165) is 6.42 Å². The maximum Gasteiger partial charge on any atom is 0.131 e. The second-order valence-electron chi connectivity index (χ2n) is 3.73. The number of rotatable bonds is 6. The molecule has 0 saturated heterocycles. The first kappa shape index (κ1) is 13.4. The third kappa shape index (κ3) is 3.14. The van der Waals surface area contributed by atoms with Crippen LogP contribution in [0.1, 0.15) is 24.4 Å². The number of phenols is 1. The van der Waals surface area contributed by atoms with Gasteiger partial charge >= 0.3 is 0 Å². The molecule has 0 fully saturated rings. The Balaban J connectivity index is 3.08. The van der Waals surface area contributed by atoms with Gasteiger partial charge in [0.15, 0.2) is 0 Å². The summed E-state index contributed by atoms with van der Waals surface area (Å²) in [6.45, 7) is 3.65. The molecule has 3 N–H and O–H groups in total. The van der Waals surface area contributed by atoms with Crippen molar-refractivity contribution in [1.82, 2.24) is 0 Å². The van der Waals surface area contributed by atoms with Gasteiger partial charge in [0, 0.05) is 18.2 Å². The van der Waals surface area contributed by atoms with E-state index < -0.39 is 0 Å². The van der Waals surface area contributed by atoms with Gasteiger partial charge in [-0.15, -0.1) is 6.58 Å².